The molecule has 0 amide bonds. The van der Waals surface area contributed by atoms with E-state index in [1.165, 1.54) is 15.2 Å². The van der Waals surface area contributed by atoms with E-state index in [0.29, 0.717) is 53.4 Å². The normalized spacial score (nSPS) is 18.8. The Morgan fingerprint density at radius 2 is 1.97 bits per heavy atom. The number of nitrogens with zero attached hydrogens (tertiary/aromatic N) is 4. The van der Waals surface area contributed by atoms with E-state index in [2.05, 4.69) is 4.98 Å². The predicted octanol–water partition coefficient (Wildman–Crippen LogP) is 4.36. The maximum atomic E-state index is 14.7. The van der Waals surface area contributed by atoms with Crippen molar-refractivity contribution in [2.75, 3.05) is 0 Å². The second kappa shape index (κ2) is 8.53. The van der Waals surface area contributed by atoms with Gasteiger partial charge in [0.2, 0.25) is 0 Å². The molecule has 2 aromatic heterocycles. The van der Waals surface area contributed by atoms with Crippen molar-refractivity contribution < 1.29 is 4.39 Å². The first kappa shape index (κ1) is 21.3. The highest BCUT2D eigenvalue weighted by atomic mass is 35.5. The molecule has 29 heavy (non-hydrogen) atoms. The zero-order chi connectivity index (χ0) is 21.3. The van der Waals surface area contributed by atoms with E-state index in [4.69, 9.17) is 11.6 Å². The van der Waals surface area contributed by atoms with Crippen LogP contribution in [0, 0.1) is 6.92 Å². The number of aryl methyl sites for hydroxylation is 1. The molecule has 2 aromatic rings. The fourth-order valence-corrected chi connectivity index (χ4v) is 3.83. The lowest BCUT2D eigenvalue weighted by molar-refractivity contribution is 0.518. The largest absolute Gasteiger partial charge is 0.332 e. The van der Waals surface area contributed by atoms with Crippen molar-refractivity contribution in [2.24, 2.45) is 0 Å². The van der Waals surface area contributed by atoms with Gasteiger partial charge in [0, 0.05) is 29.6 Å². The summed E-state index contributed by atoms with van der Waals surface area (Å²) in [4.78, 5) is 30.6. The summed E-state index contributed by atoms with van der Waals surface area (Å²) in [6.07, 6.45) is 6.80. The molecule has 0 aromatic carbocycles. The molecule has 0 spiro atoms. The second-order valence-corrected chi connectivity index (χ2v) is 7.92. The van der Waals surface area contributed by atoms with Gasteiger partial charge >= 0.3 is 5.69 Å². The molecule has 0 saturated carbocycles. The van der Waals surface area contributed by atoms with Crippen LogP contribution in [0.3, 0.4) is 0 Å². The fraction of sp³-hybridized carbons (Fsp3) is 0.476. The van der Waals surface area contributed by atoms with Gasteiger partial charge in [-0.3, -0.25) is 13.9 Å². The van der Waals surface area contributed by atoms with Gasteiger partial charge in [-0.1, -0.05) is 30.7 Å². The van der Waals surface area contributed by atoms with Gasteiger partial charge in [-0.25, -0.2) is 14.2 Å². The van der Waals surface area contributed by atoms with Gasteiger partial charge in [0.25, 0.3) is 5.56 Å². The molecule has 1 aliphatic carbocycles. The first-order valence-corrected chi connectivity index (χ1v) is 10.3. The smallest absolute Gasteiger partial charge is 0.318 e. The van der Waals surface area contributed by atoms with Crippen LogP contribution in [0.1, 0.15) is 51.9 Å². The number of aromatic nitrogens is 4. The van der Waals surface area contributed by atoms with Crippen LogP contribution in [0.25, 0.3) is 11.2 Å². The maximum Gasteiger partial charge on any atom is 0.332 e. The van der Waals surface area contributed by atoms with Crippen LogP contribution in [-0.2, 0) is 13.1 Å². The van der Waals surface area contributed by atoms with E-state index in [1.54, 1.807) is 11.5 Å². The third-order valence-corrected chi connectivity index (χ3v) is 5.43. The summed E-state index contributed by atoms with van der Waals surface area (Å²) in [6.45, 7) is 7.79. The fourth-order valence-electron chi connectivity index (χ4n) is 3.59. The Labute approximate surface area is 173 Å². The van der Waals surface area contributed by atoms with E-state index in [0.717, 1.165) is 0 Å². The number of rotatable bonds is 5. The summed E-state index contributed by atoms with van der Waals surface area (Å²) in [5.41, 5.74) is 0.181. The van der Waals surface area contributed by atoms with Gasteiger partial charge in [-0.05, 0) is 39.7 Å². The average Bonchev–Trinajstić information content (AvgIpc) is 2.97. The molecule has 0 aliphatic heterocycles. The molecule has 0 unspecified atom stereocenters. The van der Waals surface area contributed by atoms with Crippen LogP contribution >= 0.6 is 11.6 Å². The van der Waals surface area contributed by atoms with Crippen LogP contribution < -0.4 is 11.2 Å². The molecule has 0 fully saturated rings. The zero-order valence-corrected chi connectivity index (χ0v) is 18.0. The van der Waals surface area contributed by atoms with Gasteiger partial charge in [0.1, 0.15) is 11.7 Å². The lowest BCUT2D eigenvalue weighted by Crippen LogP contribution is -2.41. The summed E-state index contributed by atoms with van der Waals surface area (Å²) in [5, 5.41) is 0.391. The highest BCUT2D eigenvalue weighted by Crippen LogP contribution is 2.28. The highest BCUT2D eigenvalue weighted by molar-refractivity contribution is 6.30. The summed E-state index contributed by atoms with van der Waals surface area (Å²) in [5.74, 6) is 0.134. The number of hydrogen-bond acceptors (Lipinski definition) is 3. The Morgan fingerprint density at radius 3 is 2.62 bits per heavy atom. The van der Waals surface area contributed by atoms with Gasteiger partial charge in [-0.15, -0.1) is 0 Å². The van der Waals surface area contributed by atoms with Gasteiger partial charge in [-0.2, -0.15) is 0 Å². The summed E-state index contributed by atoms with van der Waals surface area (Å²) in [7, 11) is 0. The molecule has 0 bridgehead atoms. The minimum Gasteiger partial charge on any atom is -0.318 e. The van der Waals surface area contributed by atoms with Crippen LogP contribution in [0.15, 0.2) is 44.2 Å². The SMILES string of the molecule is CCCn1c(=O)c2c(nc(C)n2C/C2=C(\Cl)C/C=C\CC=C2F)n(C(C)C)c1=O. The van der Waals surface area contributed by atoms with E-state index in [1.807, 2.05) is 32.9 Å². The standard InChI is InChI=1S/C21H26ClFN4O2/c1-5-11-25-20(28)18-19(27(13(2)3)21(25)29)24-14(4)26(18)12-15-16(22)9-7-6-8-10-17(15)23/h6-7,10,13H,5,8-9,11-12H2,1-4H3/b7-6-,16-15+,17-10?. The van der Waals surface area contributed by atoms with Crippen molar-refractivity contribution in [3.8, 4) is 0 Å². The minimum atomic E-state index is -0.406. The van der Waals surface area contributed by atoms with Gasteiger partial charge in [0.05, 0.1) is 6.54 Å². The monoisotopic (exact) mass is 420 g/mol. The Balaban J connectivity index is 2.31. The van der Waals surface area contributed by atoms with Crippen molar-refractivity contribution in [2.45, 2.75) is 66.1 Å². The van der Waals surface area contributed by atoms with Crippen molar-refractivity contribution in [3.63, 3.8) is 0 Å². The number of fused-ring (bicyclic) bond motifs is 1. The van der Waals surface area contributed by atoms with E-state index >= 15 is 0 Å². The average molecular weight is 421 g/mol. The molecule has 0 radical (unpaired) electrons. The van der Waals surface area contributed by atoms with Gasteiger partial charge < -0.3 is 4.57 Å². The van der Waals surface area contributed by atoms with Crippen LogP contribution in [0.5, 0.6) is 0 Å². The molecule has 3 rings (SSSR count). The van der Waals surface area contributed by atoms with Crippen molar-refractivity contribution in [1.82, 2.24) is 18.7 Å². The van der Waals surface area contributed by atoms with Crippen LogP contribution in [-0.4, -0.2) is 18.7 Å². The minimum absolute atomic E-state index is 0.0784. The van der Waals surface area contributed by atoms with Crippen molar-refractivity contribution >= 4 is 22.8 Å². The quantitative estimate of drug-likeness (QED) is 0.675. The molecule has 156 valence electrons. The van der Waals surface area contributed by atoms with Crippen LogP contribution in [0.4, 0.5) is 4.39 Å². The maximum absolute atomic E-state index is 14.7. The topological polar surface area (TPSA) is 61.8 Å². The Hall–Kier alpha value is -2.41. The molecule has 0 saturated heterocycles. The molecule has 8 heteroatoms. The first-order chi connectivity index (χ1) is 13.8. The Morgan fingerprint density at radius 1 is 1.24 bits per heavy atom. The molecular formula is C21H26ClFN4O2. The molecule has 6 nitrogen and oxygen atoms in total. The number of allylic oxidation sites excluding steroid dienone is 6. The summed E-state index contributed by atoms with van der Waals surface area (Å²) >= 11 is 6.38. The third kappa shape index (κ3) is 3.88. The lowest BCUT2D eigenvalue weighted by atomic mass is 10.1. The second-order valence-electron chi connectivity index (χ2n) is 7.47. The molecule has 2 heterocycles. The zero-order valence-electron chi connectivity index (χ0n) is 17.2. The number of hydrogen-bond donors (Lipinski definition) is 0. The van der Waals surface area contributed by atoms with E-state index in [9.17, 15) is 14.0 Å². The molecule has 1 aliphatic rings. The van der Waals surface area contributed by atoms with Crippen molar-refractivity contribution in [1.29, 1.82) is 0 Å². The lowest BCUT2D eigenvalue weighted by Gasteiger charge is -2.16. The first-order valence-electron chi connectivity index (χ1n) is 9.88. The predicted molar refractivity (Wildman–Crippen MR) is 114 cm³/mol. The third-order valence-electron chi connectivity index (χ3n) is 5.05. The van der Waals surface area contributed by atoms with Gasteiger partial charge in [0.15, 0.2) is 11.2 Å². The Bertz CT molecular complexity index is 1150. The number of imidazole rings is 1. The van der Waals surface area contributed by atoms with Crippen molar-refractivity contribution in [3.05, 3.63) is 61.3 Å². The highest BCUT2D eigenvalue weighted by Gasteiger charge is 2.23. The van der Waals surface area contributed by atoms with E-state index < -0.39 is 11.4 Å². The summed E-state index contributed by atoms with van der Waals surface area (Å²) in [6, 6.07) is -0.178. The molecule has 0 N–H and O–H groups in total. The van der Waals surface area contributed by atoms with Crippen LogP contribution in [0.2, 0.25) is 0 Å². The number of halogens is 2. The van der Waals surface area contributed by atoms with E-state index in [-0.39, 0.29) is 18.3 Å². The Kier molecular flexibility index (Phi) is 6.27. The summed E-state index contributed by atoms with van der Waals surface area (Å²) < 4.78 is 19.2. The molecule has 0 atom stereocenters. The molecular weight excluding hydrogens is 395 g/mol.